The van der Waals surface area contributed by atoms with Crippen LogP contribution in [-0.2, 0) is 0 Å². The minimum atomic E-state index is -0.141. The lowest BCUT2D eigenvalue weighted by molar-refractivity contribution is 0.180. The van der Waals surface area contributed by atoms with Gasteiger partial charge in [-0.25, -0.2) is 14.8 Å². The van der Waals surface area contributed by atoms with E-state index in [-0.39, 0.29) is 23.7 Å². The van der Waals surface area contributed by atoms with E-state index in [2.05, 4.69) is 15.3 Å². The first kappa shape index (κ1) is 14.6. The van der Waals surface area contributed by atoms with Crippen LogP contribution < -0.4 is 10.1 Å². The van der Waals surface area contributed by atoms with Crippen molar-refractivity contribution in [2.75, 3.05) is 13.1 Å². The maximum absolute atomic E-state index is 12.2. The fourth-order valence-corrected chi connectivity index (χ4v) is 2.99. The zero-order chi connectivity index (χ0) is 15.4. The second-order valence-corrected chi connectivity index (χ2v) is 5.73. The Hall–Kier alpha value is -2.36. The molecule has 116 valence electrons. The summed E-state index contributed by atoms with van der Waals surface area (Å²) >= 11 is 0. The summed E-state index contributed by atoms with van der Waals surface area (Å²) in [5, 5.41) is 12.1. The molecule has 1 aliphatic heterocycles. The van der Waals surface area contributed by atoms with E-state index in [1.54, 1.807) is 4.90 Å². The first-order chi connectivity index (χ1) is 10.8. The Labute approximate surface area is 129 Å². The first-order valence-electron chi connectivity index (χ1n) is 7.69. The van der Waals surface area contributed by atoms with E-state index >= 15 is 0 Å². The highest BCUT2D eigenvalue weighted by Gasteiger charge is 2.30. The van der Waals surface area contributed by atoms with E-state index in [1.165, 1.54) is 25.2 Å². The Morgan fingerprint density at radius 2 is 2.09 bits per heavy atom. The fourth-order valence-electron chi connectivity index (χ4n) is 2.99. The lowest BCUT2D eigenvalue weighted by Gasteiger charge is -2.20. The van der Waals surface area contributed by atoms with Gasteiger partial charge >= 0.3 is 6.03 Å². The highest BCUT2D eigenvalue weighted by Crippen LogP contribution is 2.20. The summed E-state index contributed by atoms with van der Waals surface area (Å²) in [4.78, 5) is 21.9. The van der Waals surface area contributed by atoms with E-state index in [9.17, 15) is 4.79 Å². The van der Waals surface area contributed by atoms with Crippen molar-refractivity contribution in [3.05, 3.63) is 18.1 Å². The topological polar surface area (TPSA) is 91.1 Å². The smallest absolute Gasteiger partial charge is 0.317 e. The van der Waals surface area contributed by atoms with Gasteiger partial charge in [0.1, 0.15) is 12.2 Å². The quantitative estimate of drug-likeness (QED) is 0.912. The maximum Gasteiger partial charge on any atom is 0.317 e. The largest absolute Gasteiger partial charge is 0.470 e. The SMILES string of the molecule is N#Cc1nccnc1O[C@H]1CCN(C(=O)NC2CCCC2)C1. The number of likely N-dealkylation sites (tertiary alicyclic amines) is 1. The molecule has 2 heterocycles. The lowest BCUT2D eigenvalue weighted by atomic mass is 10.2. The van der Waals surface area contributed by atoms with Crippen LogP contribution in [0, 0.1) is 11.3 Å². The minimum absolute atomic E-state index is 0.0161. The average Bonchev–Trinajstić information content (AvgIpc) is 3.19. The summed E-state index contributed by atoms with van der Waals surface area (Å²) in [6.45, 7) is 1.17. The summed E-state index contributed by atoms with van der Waals surface area (Å²) in [7, 11) is 0. The number of nitrogens with one attached hydrogen (secondary N) is 1. The number of amides is 2. The maximum atomic E-state index is 12.2. The fraction of sp³-hybridized carbons (Fsp3) is 0.600. The van der Waals surface area contributed by atoms with Crippen LogP contribution in [0.3, 0.4) is 0 Å². The summed E-state index contributed by atoms with van der Waals surface area (Å²) in [6.07, 6.45) is 8.09. The molecule has 0 unspecified atom stereocenters. The number of rotatable bonds is 3. The van der Waals surface area contributed by atoms with Crippen molar-refractivity contribution in [1.82, 2.24) is 20.2 Å². The zero-order valence-corrected chi connectivity index (χ0v) is 12.4. The van der Waals surface area contributed by atoms with Gasteiger partial charge in [0.25, 0.3) is 5.88 Å². The molecule has 1 N–H and O–H groups in total. The van der Waals surface area contributed by atoms with Crippen molar-refractivity contribution < 1.29 is 9.53 Å². The van der Waals surface area contributed by atoms with Gasteiger partial charge in [-0.3, -0.25) is 0 Å². The molecule has 22 heavy (non-hydrogen) atoms. The lowest BCUT2D eigenvalue weighted by Crippen LogP contribution is -2.43. The molecule has 0 bridgehead atoms. The number of carbonyl (C=O) groups is 1. The molecule has 7 nitrogen and oxygen atoms in total. The molecule has 2 aliphatic rings. The van der Waals surface area contributed by atoms with Gasteiger partial charge in [0.05, 0.1) is 6.54 Å². The molecule has 0 spiro atoms. The van der Waals surface area contributed by atoms with Gasteiger partial charge in [0, 0.05) is 31.4 Å². The third-order valence-electron chi connectivity index (χ3n) is 4.16. The molecule has 1 aliphatic carbocycles. The predicted molar refractivity (Wildman–Crippen MR) is 78.1 cm³/mol. The Morgan fingerprint density at radius 3 is 2.86 bits per heavy atom. The highest BCUT2D eigenvalue weighted by molar-refractivity contribution is 5.74. The molecule has 0 aromatic carbocycles. The number of nitrogens with zero attached hydrogens (tertiary/aromatic N) is 4. The summed E-state index contributed by atoms with van der Waals surface area (Å²) in [5.41, 5.74) is 0.177. The Morgan fingerprint density at radius 1 is 1.32 bits per heavy atom. The van der Waals surface area contributed by atoms with Gasteiger partial charge in [-0.15, -0.1) is 0 Å². The van der Waals surface area contributed by atoms with Crippen LogP contribution in [-0.4, -0.2) is 46.1 Å². The van der Waals surface area contributed by atoms with Crippen LogP contribution in [0.25, 0.3) is 0 Å². The molecule has 2 fully saturated rings. The standard InChI is InChI=1S/C15H19N5O2/c16-9-13-14(18-7-6-17-13)22-12-5-8-20(10-12)15(21)19-11-3-1-2-4-11/h6-7,11-12H,1-5,8,10H2,(H,19,21)/t12-/m0/s1. The van der Waals surface area contributed by atoms with Crippen molar-refractivity contribution >= 4 is 6.03 Å². The van der Waals surface area contributed by atoms with Crippen LogP contribution in [0.15, 0.2) is 12.4 Å². The summed E-state index contributed by atoms with van der Waals surface area (Å²) in [6, 6.07) is 2.26. The van der Waals surface area contributed by atoms with Gasteiger partial charge in [-0.1, -0.05) is 12.8 Å². The van der Waals surface area contributed by atoms with Gasteiger partial charge in [0.2, 0.25) is 5.69 Å². The molecule has 1 aromatic heterocycles. The highest BCUT2D eigenvalue weighted by atomic mass is 16.5. The van der Waals surface area contributed by atoms with Gasteiger partial charge in [0.15, 0.2) is 0 Å². The van der Waals surface area contributed by atoms with Crippen molar-refractivity contribution in [2.24, 2.45) is 0 Å². The normalized spacial score (nSPS) is 21.6. The molecule has 1 saturated carbocycles. The van der Waals surface area contributed by atoms with Crippen LogP contribution in [0.2, 0.25) is 0 Å². The molecule has 2 amide bonds. The molecule has 1 saturated heterocycles. The molecular formula is C15H19N5O2. The number of urea groups is 1. The second kappa shape index (κ2) is 6.60. The Kier molecular flexibility index (Phi) is 4.37. The number of ether oxygens (including phenoxy) is 1. The first-order valence-corrected chi connectivity index (χ1v) is 7.69. The molecule has 7 heteroatoms. The monoisotopic (exact) mass is 301 g/mol. The Bertz CT molecular complexity index is 580. The summed E-state index contributed by atoms with van der Waals surface area (Å²) in [5.74, 6) is 0.244. The third-order valence-corrected chi connectivity index (χ3v) is 4.16. The third kappa shape index (κ3) is 3.27. The minimum Gasteiger partial charge on any atom is -0.470 e. The van der Waals surface area contributed by atoms with E-state index in [4.69, 9.17) is 10.00 Å². The van der Waals surface area contributed by atoms with Crippen LogP contribution in [0.4, 0.5) is 4.79 Å². The van der Waals surface area contributed by atoms with Crippen LogP contribution in [0.5, 0.6) is 5.88 Å². The van der Waals surface area contributed by atoms with Crippen molar-refractivity contribution in [2.45, 2.75) is 44.2 Å². The van der Waals surface area contributed by atoms with Crippen LogP contribution in [0.1, 0.15) is 37.8 Å². The number of carbonyl (C=O) groups excluding carboxylic acids is 1. The van der Waals surface area contributed by atoms with E-state index in [1.807, 2.05) is 6.07 Å². The van der Waals surface area contributed by atoms with Crippen molar-refractivity contribution in [3.63, 3.8) is 0 Å². The predicted octanol–water partition coefficient (Wildman–Crippen LogP) is 1.45. The van der Waals surface area contributed by atoms with Crippen molar-refractivity contribution in [3.8, 4) is 11.9 Å². The molecule has 1 atom stereocenters. The second-order valence-electron chi connectivity index (χ2n) is 5.73. The molecule has 0 radical (unpaired) electrons. The number of aromatic nitrogens is 2. The van der Waals surface area contributed by atoms with E-state index < -0.39 is 0 Å². The number of nitriles is 1. The van der Waals surface area contributed by atoms with E-state index in [0.717, 1.165) is 19.3 Å². The van der Waals surface area contributed by atoms with Gasteiger partial charge in [-0.2, -0.15) is 5.26 Å². The molecular weight excluding hydrogens is 282 g/mol. The molecule has 3 rings (SSSR count). The summed E-state index contributed by atoms with van der Waals surface area (Å²) < 4.78 is 5.73. The number of hydrogen-bond donors (Lipinski definition) is 1. The zero-order valence-electron chi connectivity index (χ0n) is 12.4. The van der Waals surface area contributed by atoms with Crippen LogP contribution >= 0.6 is 0 Å². The van der Waals surface area contributed by atoms with Gasteiger partial charge < -0.3 is 15.0 Å². The average molecular weight is 301 g/mol. The van der Waals surface area contributed by atoms with Gasteiger partial charge in [-0.05, 0) is 12.8 Å². The number of hydrogen-bond acceptors (Lipinski definition) is 5. The molecule has 1 aromatic rings. The van der Waals surface area contributed by atoms with E-state index in [0.29, 0.717) is 19.1 Å². The van der Waals surface area contributed by atoms with Crippen molar-refractivity contribution in [1.29, 1.82) is 5.26 Å². The Balaban J connectivity index is 1.53.